The zero-order valence-corrected chi connectivity index (χ0v) is 30.1. The first-order chi connectivity index (χ1) is 23.0. The summed E-state index contributed by atoms with van der Waals surface area (Å²) in [6.45, 7) is 4.46. The molecule has 237 valence electrons. The smallest absolute Gasteiger partial charge is 0.136 e. The number of benzene rings is 6. The van der Waals surface area contributed by atoms with E-state index in [9.17, 15) is 5.21 Å². The fourth-order valence-electron chi connectivity index (χ4n) is 5.85. The number of nitrogens with two attached hydrogens (primary N) is 1. The second-order valence-corrected chi connectivity index (χ2v) is 11.3. The van der Waals surface area contributed by atoms with Gasteiger partial charge in [0.15, 0.2) is 0 Å². The van der Waals surface area contributed by atoms with Gasteiger partial charge in [0, 0.05) is 64.1 Å². The molecule has 0 spiro atoms. The molecule has 0 bridgehead atoms. The Balaban J connectivity index is 0.000000441. The largest absolute Gasteiger partial charge is 0.456 e. The van der Waals surface area contributed by atoms with Gasteiger partial charge < -0.3 is 15.5 Å². The van der Waals surface area contributed by atoms with Crippen LogP contribution in [-0.2, 0) is 45.7 Å². The molecule has 7 aromatic rings. The molecule has 7 heteroatoms. The summed E-state index contributed by atoms with van der Waals surface area (Å²) >= 11 is 0. The maximum atomic E-state index is 10.0. The molecule has 6 aromatic carbocycles. The fraction of sp³-hybridized carbons (Fsp3) is 0.0976. The molecule has 6 nitrogen and oxygen atoms in total. The van der Waals surface area contributed by atoms with Crippen LogP contribution in [0, 0.1) is 0 Å². The molecular weight excluding hydrogens is 669 g/mol. The van der Waals surface area contributed by atoms with Crippen molar-refractivity contribution in [3.05, 3.63) is 150 Å². The third-order valence-corrected chi connectivity index (χ3v) is 8.33. The van der Waals surface area contributed by atoms with E-state index in [0.29, 0.717) is 12.2 Å². The van der Waals surface area contributed by atoms with Gasteiger partial charge in [-0.15, -0.1) is 0 Å². The summed E-state index contributed by atoms with van der Waals surface area (Å²) < 4.78 is 6.15. The molecule has 0 saturated heterocycles. The number of furan rings is 1. The van der Waals surface area contributed by atoms with Crippen LogP contribution in [0.25, 0.3) is 49.5 Å². The van der Waals surface area contributed by atoms with Gasteiger partial charge in [0.2, 0.25) is 0 Å². The van der Waals surface area contributed by atoms with Crippen LogP contribution in [0.3, 0.4) is 0 Å². The van der Waals surface area contributed by atoms with E-state index in [1.165, 1.54) is 21.9 Å². The van der Waals surface area contributed by atoms with Crippen molar-refractivity contribution in [2.75, 3.05) is 24.5 Å². The summed E-state index contributed by atoms with van der Waals surface area (Å²) in [6, 6.07) is 43.2. The van der Waals surface area contributed by atoms with Crippen molar-refractivity contribution < 1.29 is 42.3 Å². The van der Waals surface area contributed by atoms with Gasteiger partial charge in [0.25, 0.3) is 0 Å². The predicted molar refractivity (Wildman–Crippen MR) is 198 cm³/mol. The fourth-order valence-corrected chi connectivity index (χ4v) is 5.85. The zero-order valence-electron chi connectivity index (χ0n) is 27.2. The van der Waals surface area contributed by atoms with Crippen LogP contribution in [0.15, 0.2) is 143 Å². The normalized spacial score (nSPS) is 11.1. The molecule has 0 fully saturated rings. The van der Waals surface area contributed by atoms with E-state index in [1.54, 1.807) is 7.05 Å². The SMILES string of the molecule is C=N/C(=C\Cc1ccc2oc3ccc4ccccc4c3c2c1)c1ccc(-c2ccc(NC)c(N(C)O)c2)cc1.NCc1ccccc1.[Y]. The summed E-state index contributed by atoms with van der Waals surface area (Å²) in [5, 5.41) is 18.9. The van der Waals surface area contributed by atoms with Gasteiger partial charge in [-0.1, -0.05) is 103 Å². The Morgan fingerprint density at radius 2 is 1.52 bits per heavy atom. The van der Waals surface area contributed by atoms with Crippen molar-refractivity contribution in [2.24, 2.45) is 10.7 Å². The number of nitrogens with zero attached hydrogens (tertiary/aromatic N) is 2. The van der Waals surface area contributed by atoms with Gasteiger partial charge in [-0.25, -0.2) is 0 Å². The Kier molecular flexibility index (Phi) is 11.6. The molecule has 0 atom stereocenters. The number of hydrogen-bond donors (Lipinski definition) is 3. The average molecular weight is 708 g/mol. The molecule has 1 aromatic heterocycles. The minimum atomic E-state index is 0. The molecule has 0 aliphatic rings. The molecule has 48 heavy (non-hydrogen) atoms. The second kappa shape index (κ2) is 16.0. The van der Waals surface area contributed by atoms with E-state index in [2.05, 4.69) is 102 Å². The van der Waals surface area contributed by atoms with E-state index in [0.717, 1.165) is 61.5 Å². The molecular formula is C41H38N4O2Y. The number of hydrogen-bond acceptors (Lipinski definition) is 6. The minimum Gasteiger partial charge on any atom is -0.456 e. The van der Waals surface area contributed by atoms with Crippen molar-refractivity contribution >= 4 is 56.5 Å². The summed E-state index contributed by atoms with van der Waals surface area (Å²) in [6.07, 6.45) is 2.84. The number of fused-ring (bicyclic) bond motifs is 5. The van der Waals surface area contributed by atoms with Crippen LogP contribution < -0.4 is 16.1 Å². The predicted octanol–water partition coefficient (Wildman–Crippen LogP) is 9.70. The van der Waals surface area contributed by atoms with Crippen molar-refractivity contribution in [3.63, 3.8) is 0 Å². The number of hydroxylamine groups is 1. The van der Waals surface area contributed by atoms with Crippen LogP contribution >= 0.6 is 0 Å². The van der Waals surface area contributed by atoms with E-state index >= 15 is 0 Å². The van der Waals surface area contributed by atoms with Crippen molar-refractivity contribution in [2.45, 2.75) is 13.0 Å². The molecule has 0 aliphatic carbocycles. The van der Waals surface area contributed by atoms with Crippen LogP contribution in [0.4, 0.5) is 11.4 Å². The molecule has 0 unspecified atom stereocenters. The monoisotopic (exact) mass is 707 g/mol. The molecule has 1 heterocycles. The quantitative estimate of drug-likeness (QED) is 0.108. The van der Waals surface area contributed by atoms with E-state index < -0.39 is 0 Å². The van der Waals surface area contributed by atoms with Crippen molar-refractivity contribution in [1.29, 1.82) is 0 Å². The molecule has 7 rings (SSSR count). The van der Waals surface area contributed by atoms with Gasteiger partial charge in [-0.2, -0.15) is 0 Å². The Hall–Kier alpha value is -4.59. The number of aliphatic imine (C=N–C) groups is 1. The van der Waals surface area contributed by atoms with Crippen LogP contribution in [0.1, 0.15) is 16.7 Å². The second-order valence-electron chi connectivity index (χ2n) is 11.3. The van der Waals surface area contributed by atoms with Gasteiger partial charge in [0.1, 0.15) is 11.2 Å². The Bertz CT molecular complexity index is 2190. The number of nitrogens with one attached hydrogen (secondary N) is 1. The average Bonchev–Trinajstić information content (AvgIpc) is 3.51. The zero-order chi connectivity index (χ0) is 32.8. The first-order valence-corrected chi connectivity index (χ1v) is 15.6. The van der Waals surface area contributed by atoms with Crippen LogP contribution in [0.2, 0.25) is 0 Å². The van der Waals surface area contributed by atoms with E-state index in [4.69, 9.17) is 10.2 Å². The van der Waals surface area contributed by atoms with Gasteiger partial charge in [-0.05, 0) is 82.1 Å². The first kappa shape index (κ1) is 34.7. The molecule has 0 aliphatic heterocycles. The third-order valence-electron chi connectivity index (χ3n) is 8.33. The maximum absolute atomic E-state index is 10.0. The van der Waals surface area contributed by atoms with Crippen molar-refractivity contribution in [1.82, 2.24) is 0 Å². The summed E-state index contributed by atoms with van der Waals surface area (Å²) in [7, 11) is 3.45. The topological polar surface area (TPSA) is 87.0 Å². The standard InChI is InChI=1S/C34H29N3O2.C7H9N.Y/c1-35-29(25-12-10-23(11-13-25)26-14-17-30(36-2)31(21-26)37(3)38)16-8-22-9-18-32-28(20-22)34-27-7-5-4-6-24(27)15-19-33(34)39-32;8-6-7-4-2-1-3-5-7;/h4-7,9-21,36,38H,1,8H2,2-3H3;1-5H,6,8H2;/b29-16-;;. The van der Waals surface area contributed by atoms with E-state index in [1.807, 2.05) is 55.6 Å². The first-order valence-electron chi connectivity index (χ1n) is 15.6. The maximum Gasteiger partial charge on any atom is 0.136 e. The Morgan fingerprint density at radius 1 is 0.812 bits per heavy atom. The molecule has 4 N–H and O–H groups in total. The Morgan fingerprint density at radius 3 is 2.21 bits per heavy atom. The van der Waals surface area contributed by atoms with Gasteiger partial charge >= 0.3 is 0 Å². The molecule has 1 radical (unpaired) electrons. The summed E-state index contributed by atoms with van der Waals surface area (Å²) in [5.74, 6) is 0. The van der Waals surface area contributed by atoms with Gasteiger partial charge in [0.05, 0.1) is 17.1 Å². The van der Waals surface area contributed by atoms with Crippen LogP contribution in [0.5, 0.6) is 0 Å². The Labute approximate surface area is 306 Å². The molecule has 0 amide bonds. The van der Waals surface area contributed by atoms with Crippen molar-refractivity contribution in [3.8, 4) is 11.1 Å². The minimum absolute atomic E-state index is 0. The van der Waals surface area contributed by atoms with E-state index in [-0.39, 0.29) is 32.7 Å². The summed E-state index contributed by atoms with van der Waals surface area (Å²) in [4.78, 5) is 4.32. The number of rotatable bonds is 8. The number of allylic oxidation sites excluding steroid dienone is 1. The number of anilines is 2. The van der Waals surface area contributed by atoms with Gasteiger partial charge in [-0.3, -0.25) is 15.3 Å². The molecule has 0 saturated carbocycles. The van der Waals surface area contributed by atoms with Crippen LogP contribution in [-0.4, -0.2) is 26.0 Å². The third kappa shape index (κ3) is 7.59. The summed E-state index contributed by atoms with van der Waals surface area (Å²) in [5.41, 5.74) is 15.0.